The van der Waals surface area contributed by atoms with Gasteiger partial charge in [0.15, 0.2) is 11.6 Å². The number of ether oxygens (including phenoxy) is 2. The van der Waals surface area contributed by atoms with Crippen LogP contribution >= 0.6 is 0 Å². The number of azide groups is 1. The van der Waals surface area contributed by atoms with Crippen LogP contribution in [-0.4, -0.2) is 42.2 Å². The lowest BCUT2D eigenvalue weighted by Gasteiger charge is -2.31. The largest absolute Gasteiger partial charge is 0.494 e. The Hall–Kier alpha value is -3.85. The number of hydrogen-bond acceptors (Lipinski definition) is 7. The smallest absolute Gasteiger partial charge is 0.266 e. The van der Waals surface area contributed by atoms with Crippen molar-refractivity contribution in [3.63, 3.8) is 0 Å². The Labute approximate surface area is 228 Å². The molecular formula is C29H36N6O4. The highest BCUT2D eigenvalue weighted by molar-refractivity contribution is 6.01. The first-order valence-electron chi connectivity index (χ1n) is 13.5. The van der Waals surface area contributed by atoms with Crippen LogP contribution in [0.1, 0.15) is 62.2 Å². The molecule has 0 saturated heterocycles. The first-order valence-corrected chi connectivity index (χ1v) is 13.5. The molecule has 0 aromatic heterocycles. The fraction of sp³-hybridized carbons (Fsp3) is 0.448. The van der Waals surface area contributed by atoms with Crippen molar-refractivity contribution in [2.75, 3.05) is 19.8 Å². The van der Waals surface area contributed by atoms with Crippen LogP contribution in [0.2, 0.25) is 0 Å². The second-order valence-corrected chi connectivity index (χ2v) is 9.87. The fourth-order valence-corrected chi connectivity index (χ4v) is 5.14. The van der Waals surface area contributed by atoms with E-state index in [0.29, 0.717) is 54.0 Å². The first-order chi connectivity index (χ1) is 19.1. The third-order valence-electron chi connectivity index (χ3n) is 7.17. The second-order valence-electron chi connectivity index (χ2n) is 9.87. The average Bonchev–Trinajstić information content (AvgIpc) is 3.35. The van der Waals surface area contributed by atoms with Gasteiger partial charge in [0.05, 0.1) is 6.61 Å². The summed E-state index contributed by atoms with van der Waals surface area (Å²) in [6.07, 6.45) is 7.52. The van der Waals surface area contributed by atoms with Gasteiger partial charge in [-0.1, -0.05) is 54.7 Å². The summed E-state index contributed by atoms with van der Waals surface area (Å²) in [5, 5.41) is 12.8. The minimum absolute atomic E-state index is 0.0599. The van der Waals surface area contributed by atoms with E-state index in [4.69, 9.17) is 25.1 Å². The molecular weight excluding hydrogens is 496 g/mol. The van der Waals surface area contributed by atoms with Crippen molar-refractivity contribution in [2.24, 2.45) is 16.0 Å². The Bertz CT molecular complexity index is 1200. The van der Waals surface area contributed by atoms with Crippen molar-refractivity contribution < 1.29 is 19.4 Å². The van der Waals surface area contributed by atoms with Crippen molar-refractivity contribution >= 4 is 17.5 Å². The maximum absolute atomic E-state index is 13.9. The molecule has 1 saturated carbocycles. The summed E-state index contributed by atoms with van der Waals surface area (Å²) in [6.45, 7) is 5.05. The SMILES string of the molecule is C=CC[C@]1(C(=O)NNCC2CCCCC2)N=C(c2ccc(OCCCO)cc2)O[C@H]1c1ccccc1N=[N+]=[N-]. The highest BCUT2D eigenvalue weighted by Gasteiger charge is 2.53. The average molecular weight is 533 g/mol. The first kappa shape index (κ1) is 28.2. The van der Waals surface area contributed by atoms with E-state index in [-0.39, 0.29) is 18.9 Å². The Morgan fingerprint density at radius 2 is 2.00 bits per heavy atom. The lowest BCUT2D eigenvalue weighted by Crippen LogP contribution is -2.53. The fourth-order valence-electron chi connectivity index (χ4n) is 5.14. The number of hydrogen-bond donors (Lipinski definition) is 3. The van der Waals surface area contributed by atoms with Crippen molar-refractivity contribution in [1.82, 2.24) is 10.9 Å². The van der Waals surface area contributed by atoms with E-state index < -0.39 is 11.6 Å². The number of aliphatic hydroxyl groups excluding tert-OH is 1. The van der Waals surface area contributed by atoms with Gasteiger partial charge in [0, 0.05) is 47.7 Å². The van der Waals surface area contributed by atoms with Gasteiger partial charge < -0.3 is 14.6 Å². The number of carbonyl (C=O) groups is 1. The van der Waals surface area contributed by atoms with Gasteiger partial charge in [-0.15, -0.1) is 6.58 Å². The molecule has 4 rings (SSSR count). The molecule has 2 aliphatic rings. The van der Waals surface area contributed by atoms with Crippen LogP contribution in [0.3, 0.4) is 0 Å². The molecule has 0 spiro atoms. The number of aliphatic imine (C=N–C) groups is 1. The van der Waals surface area contributed by atoms with E-state index in [9.17, 15) is 4.79 Å². The van der Waals surface area contributed by atoms with Gasteiger partial charge in [-0.25, -0.2) is 10.4 Å². The van der Waals surface area contributed by atoms with Gasteiger partial charge in [0.2, 0.25) is 5.90 Å². The van der Waals surface area contributed by atoms with Crippen LogP contribution in [0.4, 0.5) is 5.69 Å². The van der Waals surface area contributed by atoms with E-state index in [1.807, 2.05) is 18.2 Å². The summed E-state index contributed by atoms with van der Waals surface area (Å²) in [6, 6.07) is 14.3. The van der Waals surface area contributed by atoms with Crippen LogP contribution in [0, 0.1) is 5.92 Å². The molecule has 0 bridgehead atoms. The minimum atomic E-state index is -1.38. The van der Waals surface area contributed by atoms with Crippen molar-refractivity contribution in [3.05, 3.63) is 82.8 Å². The molecule has 10 heteroatoms. The van der Waals surface area contributed by atoms with E-state index >= 15 is 0 Å². The maximum Gasteiger partial charge on any atom is 0.266 e. The van der Waals surface area contributed by atoms with Crippen molar-refractivity contribution in [3.8, 4) is 5.75 Å². The molecule has 1 aliphatic heterocycles. The third-order valence-corrected chi connectivity index (χ3v) is 7.17. The zero-order valence-electron chi connectivity index (χ0n) is 22.1. The summed E-state index contributed by atoms with van der Waals surface area (Å²) in [5.41, 5.74) is 15.4. The summed E-state index contributed by atoms with van der Waals surface area (Å²) < 4.78 is 12.0. The summed E-state index contributed by atoms with van der Waals surface area (Å²) in [4.78, 5) is 21.7. The van der Waals surface area contributed by atoms with E-state index in [0.717, 1.165) is 12.8 Å². The molecule has 1 fully saturated rings. The molecule has 10 nitrogen and oxygen atoms in total. The van der Waals surface area contributed by atoms with Crippen molar-refractivity contribution in [1.29, 1.82) is 0 Å². The predicted octanol–water partition coefficient (Wildman–Crippen LogP) is 5.42. The van der Waals surface area contributed by atoms with Crippen molar-refractivity contribution in [2.45, 2.75) is 56.6 Å². The Kier molecular flexibility index (Phi) is 9.97. The molecule has 2 aromatic carbocycles. The number of nitrogens with zero attached hydrogens (tertiary/aromatic N) is 4. The Morgan fingerprint density at radius 3 is 2.72 bits per heavy atom. The molecule has 2 aromatic rings. The predicted molar refractivity (Wildman–Crippen MR) is 150 cm³/mol. The van der Waals surface area contributed by atoms with Crippen LogP contribution in [0.15, 0.2) is 71.3 Å². The Balaban J connectivity index is 1.64. The van der Waals surface area contributed by atoms with E-state index in [1.54, 1.807) is 36.4 Å². The molecule has 1 amide bonds. The van der Waals surface area contributed by atoms with Crippen LogP contribution in [0.5, 0.6) is 5.75 Å². The van der Waals surface area contributed by atoms with Gasteiger partial charge in [0.1, 0.15) is 5.75 Å². The van der Waals surface area contributed by atoms with Crippen LogP contribution in [-0.2, 0) is 9.53 Å². The number of rotatable bonds is 13. The molecule has 2 atom stereocenters. The lowest BCUT2D eigenvalue weighted by atomic mass is 9.84. The van der Waals surface area contributed by atoms with Gasteiger partial charge in [0.25, 0.3) is 5.91 Å². The topological polar surface area (TPSA) is 141 Å². The standard InChI is InChI=1S/C29H36N6O4/c1-2-17-29(28(37)34-31-20-21-9-4-3-5-10-21)26(24-11-6-7-12-25(24)33-35-30)39-27(32-29)22-13-15-23(16-14-22)38-19-8-18-36/h2,6-7,11-16,21,26,31,36H,1,3-5,8-10,17-20H2,(H,34,37)/t26-,29-/m0/s1. The number of carbonyl (C=O) groups excluding carboxylic acids is 1. The molecule has 1 aliphatic carbocycles. The molecule has 39 heavy (non-hydrogen) atoms. The number of aliphatic hydroxyl groups is 1. The zero-order chi connectivity index (χ0) is 27.5. The third kappa shape index (κ3) is 6.78. The highest BCUT2D eigenvalue weighted by Crippen LogP contribution is 2.45. The molecule has 206 valence electrons. The normalized spacial score (nSPS) is 20.8. The summed E-state index contributed by atoms with van der Waals surface area (Å²) in [5.74, 6) is 1.12. The van der Waals surface area contributed by atoms with Crippen LogP contribution < -0.4 is 15.6 Å². The number of amides is 1. The molecule has 1 heterocycles. The molecule has 3 N–H and O–H groups in total. The van der Waals surface area contributed by atoms with E-state index in [1.165, 1.54) is 19.3 Å². The van der Waals surface area contributed by atoms with Gasteiger partial charge in [-0.3, -0.25) is 10.2 Å². The van der Waals surface area contributed by atoms with Gasteiger partial charge >= 0.3 is 0 Å². The summed E-state index contributed by atoms with van der Waals surface area (Å²) in [7, 11) is 0. The molecule has 0 radical (unpaired) electrons. The minimum Gasteiger partial charge on any atom is -0.494 e. The molecule has 0 unspecified atom stereocenters. The number of nitrogens with one attached hydrogen (secondary N) is 2. The second kappa shape index (κ2) is 13.8. The highest BCUT2D eigenvalue weighted by atomic mass is 16.5. The Morgan fingerprint density at radius 1 is 1.23 bits per heavy atom. The lowest BCUT2D eigenvalue weighted by molar-refractivity contribution is -0.129. The quantitative estimate of drug-likeness (QED) is 0.0788. The number of hydrazine groups is 1. The number of benzene rings is 2. The monoisotopic (exact) mass is 532 g/mol. The van der Waals surface area contributed by atoms with Gasteiger partial charge in [-0.05, 0) is 48.6 Å². The summed E-state index contributed by atoms with van der Waals surface area (Å²) >= 11 is 0. The van der Waals surface area contributed by atoms with Gasteiger partial charge in [-0.2, -0.15) is 0 Å². The maximum atomic E-state index is 13.9. The van der Waals surface area contributed by atoms with Crippen LogP contribution in [0.25, 0.3) is 10.4 Å². The van der Waals surface area contributed by atoms with E-state index in [2.05, 4.69) is 27.5 Å². The zero-order valence-corrected chi connectivity index (χ0v) is 22.1.